The van der Waals surface area contributed by atoms with Crippen molar-refractivity contribution in [2.75, 3.05) is 0 Å². The number of hydrogen-bond donors (Lipinski definition) is 2. The maximum Gasteiger partial charge on any atom is 0.118 e. The number of hydrogen-bond acceptors (Lipinski definition) is 2. The van der Waals surface area contributed by atoms with Crippen LogP contribution in [0.1, 0.15) is 40.2 Å². The van der Waals surface area contributed by atoms with Gasteiger partial charge in [-0.05, 0) is 18.1 Å². The maximum atomic E-state index is 9.11. The van der Waals surface area contributed by atoms with E-state index in [4.69, 9.17) is 5.11 Å². The number of aromatic hydroxyl groups is 1. The summed E-state index contributed by atoms with van der Waals surface area (Å²) in [6.45, 7) is 10.6. The second-order valence-electron chi connectivity index (χ2n) is 4.46. The Morgan fingerprint density at radius 1 is 1.06 bits per heavy atom. The second kappa shape index (κ2) is 8.17. The van der Waals surface area contributed by atoms with E-state index >= 15 is 0 Å². The number of para-hydroxylation sites is 1. The largest absolute Gasteiger partial charge is 0.508 e. The summed E-state index contributed by atoms with van der Waals surface area (Å²) in [5, 5.41) is 12.4. The Hall–Kier alpha value is -1.02. The number of aryl methyl sites for hydroxylation is 1. The zero-order valence-electron chi connectivity index (χ0n) is 11.1. The molecular weight excluding hydrogens is 198 g/mol. The van der Waals surface area contributed by atoms with Crippen LogP contribution in [0.15, 0.2) is 24.3 Å². The van der Waals surface area contributed by atoms with E-state index < -0.39 is 0 Å². The molecule has 1 aromatic carbocycles. The van der Waals surface area contributed by atoms with Crippen LogP contribution in [-0.4, -0.2) is 17.2 Å². The highest BCUT2D eigenvalue weighted by Crippen LogP contribution is 2.14. The first-order valence-corrected chi connectivity index (χ1v) is 6.00. The van der Waals surface area contributed by atoms with Gasteiger partial charge in [0, 0.05) is 12.1 Å². The van der Waals surface area contributed by atoms with Crippen LogP contribution in [0.4, 0.5) is 0 Å². The Morgan fingerprint density at radius 3 is 1.81 bits per heavy atom. The predicted octanol–water partition coefficient (Wildman–Crippen LogP) is 3.35. The zero-order chi connectivity index (χ0) is 12.6. The van der Waals surface area contributed by atoms with Crippen molar-refractivity contribution < 1.29 is 5.11 Å². The first-order chi connectivity index (χ1) is 7.47. The van der Waals surface area contributed by atoms with Crippen molar-refractivity contribution in [1.82, 2.24) is 5.32 Å². The minimum atomic E-state index is 0.403. The molecule has 0 spiro atoms. The lowest BCUT2D eigenvalue weighted by atomic mass is 10.1. The molecule has 1 rings (SSSR count). The third kappa shape index (κ3) is 7.30. The number of nitrogens with one attached hydrogen (secondary N) is 1. The first kappa shape index (κ1) is 15.0. The molecule has 0 aliphatic heterocycles. The zero-order valence-corrected chi connectivity index (χ0v) is 11.1. The molecule has 0 heterocycles. The molecule has 0 saturated heterocycles. The van der Waals surface area contributed by atoms with E-state index in [1.165, 1.54) is 0 Å². The number of rotatable bonds is 3. The molecule has 0 atom stereocenters. The van der Waals surface area contributed by atoms with Crippen LogP contribution in [-0.2, 0) is 6.42 Å². The Bertz CT molecular complexity index is 276. The van der Waals surface area contributed by atoms with E-state index in [1.807, 2.05) is 25.1 Å². The van der Waals surface area contributed by atoms with Crippen LogP contribution in [0.25, 0.3) is 0 Å². The minimum Gasteiger partial charge on any atom is -0.508 e. The SMILES string of the molecule is CC(C)NC(C)C.CCc1ccccc1O. The number of phenols is 1. The molecule has 0 aromatic heterocycles. The molecule has 0 aliphatic rings. The smallest absolute Gasteiger partial charge is 0.118 e. The van der Waals surface area contributed by atoms with E-state index in [0.717, 1.165) is 12.0 Å². The van der Waals surface area contributed by atoms with Crippen LogP contribution in [0.5, 0.6) is 5.75 Å². The average molecular weight is 223 g/mol. The standard InChI is InChI=1S/C8H10O.C6H15N/c1-2-7-5-3-4-6-8(7)9;1-5(2)7-6(3)4/h3-6,9H,2H2,1H3;5-7H,1-4H3. The fourth-order valence-electron chi connectivity index (χ4n) is 1.48. The van der Waals surface area contributed by atoms with Gasteiger partial charge in [0.05, 0.1) is 0 Å². The molecule has 0 bridgehead atoms. The molecule has 2 heteroatoms. The van der Waals surface area contributed by atoms with Gasteiger partial charge in [-0.3, -0.25) is 0 Å². The maximum absolute atomic E-state index is 9.11. The van der Waals surface area contributed by atoms with Crippen LogP contribution < -0.4 is 5.32 Å². The van der Waals surface area contributed by atoms with Crippen molar-refractivity contribution in [2.45, 2.75) is 53.1 Å². The Morgan fingerprint density at radius 2 is 1.56 bits per heavy atom. The van der Waals surface area contributed by atoms with Crippen molar-refractivity contribution in [3.8, 4) is 5.75 Å². The van der Waals surface area contributed by atoms with Crippen molar-refractivity contribution in [2.24, 2.45) is 0 Å². The molecule has 1 aromatic rings. The molecule has 0 amide bonds. The molecule has 0 unspecified atom stereocenters. The third-order valence-corrected chi connectivity index (χ3v) is 2.04. The van der Waals surface area contributed by atoms with Crippen LogP contribution in [0, 0.1) is 0 Å². The highest BCUT2D eigenvalue weighted by molar-refractivity contribution is 5.31. The highest BCUT2D eigenvalue weighted by atomic mass is 16.3. The molecular formula is C14H25NO. The van der Waals surface area contributed by atoms with E-state index in [2.05, 4.69) is 33.0 Å². The number of benzene rings is 1. The summed E-state index contributed by atoms with van der Waals surface area (Å²) in [6, 6.07) is 8.64. The Labute approximate surface area is 99.7 Å². The van der Waals surface area contributed by atoms with Crippen molar-refractivity contribution in [3.63, 3.8) is 0 Å². The van der Waals surface area contributed by atoms with E-state index in [1.54, 1.807) is 6.07 Å². The molecule has 0 saturated carbocycles. The fraction of sp³-hybridized carbons (Fsp3) is 0.571. The molecule has 0 aliphatic carbocycles. The molecule has 2 N–H and O–H groups in total. The average Bonchev–Trinajstić information content (AvgIpc) is 2.17. The van der Waals surface area contributed by atoms with Gasteiger partial charge < -0.3 is 10.4 Å². The van der Waals surface area contributed by atoms with E-state index in [-0.39, 0.29) is 0 Å². The Balaban J connectivity index is 0.000000293. The lowest BCUT2D eigenvalue weighted by molar-refractivity contribution is 0.469. The van der Waals surface area contributed by atoms with Gasteiger partial charge in [0.1, 0.15) is 5.75 Å². The van der Waals surface area contributed by atoms with Gasteiger partial charge in [-0.2, -0.15) is 0 Å². The fourth-order valence-corrected chi connectivity index (χ4v) is 1.48. The molecule has 92 valence electrons. The summed E-state index contributed by atoms with van der Waals surface area (Å²) in [5.41, 5.74) is 1.01. The normalized spacial score (nSPS) is 10.2. The first-order valence-electron chi connectivity index (χ1n) is 6.00. The van der Waals surface area contributed by atoms with Crippen LogP contribution in [0.2, 0.25) is 0 Å². The quantitative estimate of drug-likeness (QED) is 0.823. The van der Waals surface area contributed by atoms with Gasteiger partial charge in [0.25, 0.3) is 0 Å². The van der Waals surface area contributed by atoms with E-state index in [0.29, 0.717) is 17.8 Å². The summed E-state index contributed by atoms with van der Waals surface area (Å²) in [6.07, 6.45) is 0.896. The molecule has 0 fully saturated rings. The van der Waals surface area contributed by atoms with Gasteiger partial charge in [-0.1, -0.05) is 52.8 Å². The summed E-state index contributed by atoms with van der Waals surface area (Å²) in [7, 11) is 0. The summed E-state index contributed by atoms with van der Waals surface area (Å²) >= 11 is 0. The lowest BCUT2D eigenvalue weighted by Crippen LogP contribution is -2.29. The minimum absolute atomic E-state index is 0.403. The van der Waals surface area contributed by atoms with Crippen LogP contribution in [0.3, 0.4) is 0 Å². The summed E-state index contributed by atoms with van der Waals surface area (Å²) in [4.78, 5) is 0. The monoisotopic (exact) mass is 223 g/mol. The Kier molecular flexibility index (Phi) is 7.65. The van der Waals surface area contributed by atoms with E-state index in [9.17, 15) is 0 Å². The predicted molar refractivity (Wildman–Crippen MR) is 70.9 cm³/mol. The van der Waals surface area contributed by atoms with Gasteiger partial charge in [0.15, 0.2) is 0 Å². The summed E-state index contributed by atoms with van der Waals surface area (Å²) < 4.78 is 0. The highest BCUT2D eigenvalue weighted by Gasteiger charge is 1.93. The van der Waals surface area contributed by atoms with Gasteiger partial charge in [-0.15, -0.1) is 0 Å². The lowest BCUT2D eigenvalue weighted by Gasteiger charge is -2.10. The topological polar surface area (TPSA) is 32.3 Å². The van der Waals surface area contributed by atoms with Gasteiger partial charge >= 0.3 is 0 Å². The number of phenolic OH excluding ortho intramolecular Hbond substituents is 1. The molecule has 16 heavy (non-hydrogen) atoms. The van der Waals surface area contributed by atoms with Gasteiger partial charge in [-0.25, -0.2) is 0 Å². The summed E-state index contributed by atoms with van der Waals surface area (Å²) in [5.74, 6) is 0.403. The second-order valence-corrected chi connectivity index (χ2v) is 4.46. The van der Waals surface area contributed by atoms with Crippen molar-refractivity contribution in [1.29, 1.82) is 0 Å². The third-order valence-electron chi connectivity index (χ3n) is 2.04. The van der Waals surface area contributed by atoms with Gasteiger partial charge in [0.2, 0.25) is 0 Å². The molecule has 2 nitrogen and oxygen atoms in total. The van der Waals surface area contributed by atoms with Crippen molar-refractivity contribution >= 4 is 0 Å². The van der Waals surface area contributed by atoms with Crippen molar-refractivity contribution in [3.05, 3.63) is 29.8 Å². The molecule has 0 radical (unpaired) electrons. The van der Waals surface area contributed by atoms with Crippen LogP contribution >= 0.6 is 0 Å².